The van der Waals surface area contributed by atoms with Gasteiger partial charge < -0.3 is 10.2 Å². The van der Waals surface area contributed by atoms with Crippen molar-refractivity contribution in [1.82, 2.24) is 10.2 Å². The quantitative estimate of drug-likeness (QED) is 0.794. The fraction of sp³-hybridized carbons (Fsp3) is 0.909. The van der Waals surface area contributed by atoms with Gasteiger partial charge in [0.1, 0.15) is 0 Å². The van der Waals surface area contributed by atoms with Gasteiger partial charge in [-0.3, -0.25) is 4.99 Å². The second-order valence-corrected chi connectivity index (χ2v) is 5.73. The van der Waals surface area contributed by atoms with E-state index in [9.17, 15) is 0 Å². The molecular weight excluding hydrogens is 206 g/mol. The molecule has 1 atom stereocenters. The maximum Gasteiger partial charge on any atom is 0.156 e. The van der Waals surface area contributed by atoms with Crippen molar-refractivity contribution in [2.24, 2.45) is 10.9 Å². The highest BCUT2D eigenvalue weighted by molar-refractivity contribution is 8.13. The zero-order valence-electron chi connectivity index (χ0n) is 10.3. The highest BCUT2D eigenvalue weighted by Gasteiger charge is 2.17. The van der Waals surface area contributed by atoms with Gasteiger partial charge in [-0.25, -0.2) is 0 Å². The Morgan fingerprint density at radius 3 is 2.67 bits per heavy atom. The average Bonchev–Trinajstić information content (AvgIpc) is 2.17. The fourth-order valence-electron chi connectivity index (χ4n) is 1.52. The van der Waals surface area contributed by atoms with Crippen molar-refractivity contribution < 1.29 is 0 Å². The molecule has 3 nitrogen and oxygen atoms in total. The topological polar surface area (TPSA) is 27.6 Å². The Bertz CT molecular complexity index is 214. The summed E-state index contributed by atoms with van der Waals surface area (Å²) in [5.41, 5.74) is 0. The van der Waals surface area contributed by atoms with E-state index < -0.39 is 0 Å². The lowest BCUT2D eigenvalue weighted by Crippen LogP contribution is -2.44. The Labute approximate surface area is 97.7 Å². The first kappa shape index (κ1) is 12.8. The van der Waals surface area contributed by atoms with E-state index in [0.717, 1.165) is 18.3 Å². The predicted molar refractivity (Wildman–Crippen MR) is 69.7 cm³/mol. The Morgan fingerprint density at radius 1 is 1.47 bits per heavy atom. The number of thioether (sulfide) groups is 1. The van der Waals surface area contributed by atoms with E-state index in [1.807, 2.05) is 11.8 Å². The van der Waals surface area contributed by atoms with Gasteiger partial charge in [0.2, 0.25) is 0 Å². The molecule has 1 heterocycles. The third kappa shape index (κ3) is 4.89. The van der Waals surface area contributed by atoms with Gasteiger partial charge in [-0.2, -0.15) is 0 Å². The Morgan fingerprint density at radius 2 is 2.20 bits per heavy atom. The minimum absolute atomic E-state index is 0.504. The Kier molecular flexibility index (Phi) is 5.47. The first-order valence-corrected chi connectivity index (χ1v) is 6.66. The molecule has 1 unspecified atom stereocenters. The average molecular weight is 229 g/mol. The van der Waals surface area contributed by atoms with E-state index in [2.05, 4.69) is 43.2 Å². The highest BCUT2D eigenvalue weighted by atomic mass is 32.2. The number of hydrogen-bond acceptors (Lipinski definition) is 4. The third-order valence-corrected chi connectivity index (χ3v) is 3.49. The molecule has 1 N–H and O–H groups in total. The number of rotatable bonds is 4. The van der Waals surface area contributed by atoms with Crippen LogP contribution in [0.15, 0.2) is 4.99 Å². The van der Waals surface area contributed by atoms with Crippen LogP contribution in [0.5, 0.6) is 0 Å². The molecule has 88 valence electrons. The first-order chi connectivity index (χ1) is 7.09. The lowest BCUT2D eigenvalue weighted by molar-refractivity contribution is 0.314. The van der Waals surface area contributed by atoms with Crippen LogP contribution in [-0.4, -0.2) is 49.0 Å². The summed E-state index contributed by atoms with van der Waals surface area (Å²) in [4.78, 5) is 6.74. The lowest BCUT2D eigenvalue weighted by Gasteiger charge is -2.27. The summed E-state index contributed by atoms with van der Waals surface area (Å²) >= 11 is 1.86. The molecule has 1 rings (SSSR count). The first-order valence-electron chi connectivity index (χ1n) is 5.68. The molecule has 0 saturated heterocycles. The number of likely N-dealkylation sites (N-methyl/N-ethyl adjacent to an activating group) is 1. The van der Waals surface area contributed by atoms with Gasteiger partial charge in [0.15, 0.2) is 5.17 Å². The maximum absolute atomic E-state index is 4.51. The summed E-state index contributed by atoms with van der Waals surface area (Å²) in [6.45, 7) is 6.57. The van der Waals surface area contributed by atoms with Crippen molar-refractivity contribution in [1.29, 1.82) is 0 Å². The Hall–Kier alpha value is -0.220. The van der Waals surface area contributed by atoms with Crippen LogP contribution in [0, 0.1) is 5.92 Å². The largest absolute Gasteiger partial charge is 0.361 e. The van der Waals surface area contributed by atoms with Crippen molar-refractivity contribution in [2.45, 2.75) is 26.3 Å². The standard InChI is InChI=1S/C11H23N3S/c1-9(2)10(8-14(3)4)13-11-12-6-5-7-15-11/h9-10H,5-8H2,1-4H3,(H,12,13). The van der Waals surface area contributed by atoms with E-state index in [4.69, 9.17) is 0 Å². The predicted octanol–water partition coefficient (Wildman–Crippen LogP) is 1.66. The summed E-state index contributed by atoms with van der Waals surface area (Å²) in [6.07, 6.45) is 1.22. The molecule has 0 bridgehead atoms. The van der Waals surface area contributed by atoms with Crippen LogP contribution in [0.4, 0.5) is 0 Å². The molecule has 4 heteroatoms. The second kappa shape index (κ2) is 6.38. The molecule has 0 saturated carbocycles. The SMILES string of the molecule is CC(C)C(CN(C)C)NC1=NCCCS1. The van der Waals surface area contributed by atoms with E-state index in [0.29, 0.717) is 12.0 Å². The van der Waals surface area contributed by atoms with Crippen molar-refractivity contribution in [3.8, 4) is 0 Å². The summed E-state index contributed by atoms with van der Waals surface area (Å²) < 4.78 is 0. The molecule has 0 fully saturated rings. The number of nitrogens with one attached hydrogen (secondary N) is 1. The molecule has 0 aromatic carbocycles. The minimum atomic E-state index is 0.504. The van der Waals surface area contributed by atoms with Crippen LogP contribution in [-0.2, 0) is 0 Å². The van der Waals surface area contributed by atoms with Gasteiger partial charge in [0.05, 0.1) is 0 Å². The molecule has 15 heavy (non-hydrogen) atoms. The van der Waals surface area contributed by atoms with Crippen molar-refractivity contribution in [3.05, 3.63) is 0 Å². The molecule has 0 spiro atoms. The van der Waals surface area contributed by atoms with Crippen LogP contribution in [0.2, 0.25) is 0 Å². The van der Waals surface area contributed by atoms with Gasteiger partial charge in [0.25, 0.3) is 0 Å². The van der Waals surface area contributed by atoms with E-state index in [1.54, 1.807) is 0 Å². The normalized spacial score (nSPS) is 19.2. The van der Waals surface area contributed by atoms with Crippen LogP contribution < -0.4 is 5.32 Å². The zero-order valence-corrected chi connectivity index (χ0v) is 11.1. The Balaban J connectivity index is 2.46. The van der Waals surface area contributed by atoms with Crippen molar-refractivity contribution >= 4 is 16.9 Å². The lowest BCUT2D eigenvalue weighted by atomic mass is 10.0. The van der Waals surface area contributed by atoms with Crippen LogP contribution in [0.3, 0.4) is 0 Å². The van der Waals surface area contributed by atoms with Crippen LogP contribution in [0.1, 0.15) is 20.3 Å². The highest BCUT2D eigenvalue weighted by Crippen LogP contribution is 2.12. The van der Waals surface area contributed by atoms with E-state index >= 15 is 0 Å². The molecule has 0 aromatic rings. The monoisotopic (exact) mass is 229 g/mol. The smallest absolute Gasteiger partial charge is 0.156 e. The van der Waals surface area contributed by atoms with Gasteiger partial charge >= 0.3 is 0 Å². The van der Waals surface area contributed by atoms with Gasteiger partial charge in [-0.1, -0.05) is 25.6 Å². The number of hydrogen-bond donors (Lipinski definition) is 1. The summed E-state index contributed by atoms with van der Waals surface area (Å²) in [5.74, 6) is 1.84. The summed E-state index contributed by atoms with van der Waals surface area (Å²) in [6, 6.07) is 0.504. The molecular formula is C11H23N3S. The molecule has 1 aliphatic rings. The number of amidine groups is 1. The van der Waals surface area contributed by atoms with Gasteiger partial charge in [-0.15, -0.1) is 0 Å². The molecule has 1 aliphatic heterocycles. The summed E-state index contributed by atoms with van der Waals surface area (Å²) in [5, 5.41) is 4.70. The minimum Gasteiger partial charge on any atom is -0.361 e. The summed E-state index contributed by atoms with van der Waals surface area (Å²) in [7, 11) is 4.24. The molecule has 0 radical (unpaired) electrons. The van der Waals surface area contributed by atoms with Crippen molar-refractivity contribution in [2.75, 3.05) is 32.9 Å². The van der Waals surface area contributed by atoms with E-state index in [1.165, 1.54) is 12.2 Å². The van der Waals surface area contributed by atoms with Gasteiger partial charge in [0, 0.05) is 24.9 Å². The number of aliphatic imine (C=N–C) groups is 1. The van der Waals surface area contributed by atoms with Gasteiger partial charge in [-0.05, 0) is 26.4 Å². The number of nitrogens with zero attached hydrogens (tertiary/aromatic N) is 2. The maximum atomic E-state index is 4.51. The molecule has 0 aromatic heterocycles. The molecule has 0 amide bonds. The van der Waals surface area contributed by atoms with Crippen LogP contribution in [0.25, 0.3) is 0 Å². The molecule has 0 aliphatic carbocycles. The fourth-order valence-corrected chi connectivity index (χ4v) is 2.41. The second-order valence-electron chi connectivity index (χ2n) is 4.65. The van der Waals surface area contributed by atoms with E-state index in [-0.39, 0.29) is 0 Å². The zero-order chi connectivity index (χ0) is 11.3. The van der Waals surface area contributed by atoms with Crippen LogP contribution >= 0.6 is 11.8 Å². The third-order valence-electron chi connectivity index (χ3n) is 2.47. The van der Waals surface area contributed by atoms with Crippen molar-refractivity contribution in [3.63, 3.8) is 0 Å².